The van der Waals surface area contributed by atoms with Crippen LogP contribution in [0.2, 0.25) is 0 Å². The molecule has 0 aliphatic rings. The normalized spacial score (nSPS) is 11.0. The van der Waals surface area contributed by atoms with E-state index in [4.69, 9.17) is 4.74 Å². The predicted molar refractivity (Wildman–Crippen MR) is 117 cm³/mol. The molecule has 0 spiro atoms. The van der Waals surface area contributed by atoms with Gasteiger partial charge in [-0.2, -0.15) is 5.10 Å². The zero-order valence-electron chi connectivity index (χ0n) is 16.4. The number of hydrazone groups is 1. The van der Waals surface area contributed by atoms with Crippen molar-refractivity contribution in [2.24, 2.45) is 5.10 Å². The van der Waals surface area contributed by atoms with E-state index in [1.165, 1.54) is 12.3 Å². The van der Waals surface area contributed by atoms with E-state index in [-0.39, 0.29) is 17.1 Å². The maximum atomic E-state index is 12.2. The van der Waals surface area contributed by atoms with Crippen molar-refractivity contribution in [1.82, 2.24) is 10.4 Å². The van der Waals surface area contributed by atoms with Gasteiger partial charge in [0.05, 0.1) is 6.21 Å². The van der Waals surface area contributed by atoms with Crippen molar-refractivity contribution in [3.05, 3.63) is 95.7 Å². The predicted octanol–water partition coefficient (Wildman–Crippen LogP) is 3.99. The number of phenolic OH excluding ortho intramolecular Hbond substituents is 2. The van der Waals surface area contributed by atoms with Gasteiger partial charge in [-0.15, -0.1) is 0 Å². The van der Waals surface area contributed by atoms with Crippen LogP contribution in [-0.2, 0) is 6.61 Å². The quantitative estimate of drug-likeness (QED) is 0.252. The summed E-state index contributed by atoms with van der Waals surface area (Å²) in [7, 11) is 0. The summed E-state index contributed by atoms with van der Waals surface area (Å²) in [6.07, 6.45) is 2.99. The van der Waals surface area contributed by atoms with Gasteiger partial charge in [-0.05, 0) is 42.0 Å². The van der Waals surface area contributed by atoms with Crippen LogP contribution < -0.4 is 10.2 Å². The SMILES string of the molecule is O=C(N/N=C/c1cccc(O)c1O)c1ccc(COc2cccc3cccnc23)cc1. The third-order valence-electron chi connectivity index (χ3n) is 4.62. The van der Waals surface area contributed by atoms with Crippen molar-refractivity contribution in [3.8, 4) is 17.2 Å². The van der Waals surface area contributed by atoms with Crippen LogP contribution in [0.3, 0.4) is 0 Å². The lowest BCUT2D eigenvalue weighted by molar-refractivity contribution is 0.0955. The summed E-state index contributed by atoms with van der Waals surface area (Å²) in [6, 6.07) is 21.1. The first-order chi connectivity index (χ1) is 15.1. The Morgan fingerprint density at radius 2 is 1.77 bits per heavy atom. The number of rotatable bonds is 6. The number of phenols is 2. The van der Waals surface area contributed by atoms with Crippen LogP contribution in [0.5, 0.6) is 17.2 Å². The van der Waals surface area contributed by atoms with Crippen molar-refractivity contribution in [1.29, 1.82) is 0 Å². The molecule has 1 aromatic heterocycles. The zero-order valence-corrected chi connectivity index (χ0v) is 16.4. The fraction of sp³-hybridized carbons (Fsp3) is 0.0417. The van der Waals surface area contributed by atoms with Crippen molar-refractivity contribution < 1.29 is 19.7 Å². The van der Waals surface area contributed by atoms with E-state index >= 15 is 0 Å². The van der Waals surface area contributed by atoms with Gasteiger partial charge in [0.25, 0.3) is 5.91 Å². The number of nitrogens with one attached hydrogen (secondary N) is 1. The summed E-state index contributed by atoms with van der Waals surface area (Å²) in [5, 5.41) is 24.0. The van der Waals surface area contributed by atoms with Crippen molar-refractivity contribution in [2.45, 2.75) is 6.61 Å². The molecule has 0 saturated carbocycles. The molecule has 0 aliphatic carbocycles. The minimum atomic E-state index is -0.401. The van der Waals surface area contributed by atoms with E-state index < -0.39 is 5.91 Å². The Bertz CT molecular complexity index is 1250. The highest BCUT2D eigenvalue weighted by Gasteiger charge is 2.07. The third kappa shape index (κ3) is 4.62. The highest BCUT2D eigenvalue weighted by Crippen LogP contribution is 2.26. The van der Waals surface area contributed by atoms with Gasteiger partial charge in [-0.3, -0.25) is 9.78 Å². The van der Waals surface area contributed by atoms with E-state index in [2.05, 4.69) is 15.5 Å². The van der Waals surface area contributed by atoms with Crippen LogP contribution in [0.4, 0.5) is 0 Å². The number of pyridine rings is 1. The topological polar surface area (TPSA) is 104 Å². The molecule has 0 atom stereocenters. The molecule has 0 unspecified atom stereocenters. The molecule has 31 heavy (non-hydrogen) atoms. The summed E-state index contributed by atoms with van der Waals surface area (Å²) in [5.74, 6) is -0.260. The van der Waals surface area contributed by atoms with Crippen LogP contribution in [-0.4, -0.2) is 27.3 Å². The second kappa shape index (κ2) is 8.96. The standard InChI is InChI=1S/C24H19N3O4/c28-20-7-1-5-19(23(20)29)14-26-27-24(30)18-11-9-16(10-12-18)15-31-21-8-2-4-17-6-3-13-25-22(17)21/h1-14,28-29H,15H2,(H,27,30)/b26-14+. The van der Waals surface area contributed by atoms with E-state index in [0.29, 0.717) is 17.9 Å². The van der Waals surface area contributed by atoms with Gasteiger partial charge in [0.2, 0.25) is 0 Å². The number of aromatic nitrogens is 1. The van der Waals surface area contributed by atoms with Crippen molar-refractivity contribution >= 4 is 23.0 Å². The third-order valence-corrected chi connectivity index (χ3v) is 4.62. The summed E-state index contributed by atoms with van der Waals surface area (Å²) in [5.41, 5.74) is 4.80. The Kier molecular flexibility index (Phi) is 5.75. The number of ether oxygens (including phenoxy) is 1. The number of carbonyl (C=O) groups excluding carboxylic acids is 1. The van der Waals surface area contributed by atoms with E-state index in [1.807, 2.05) is 30.3 Å². The number of hydrogen-bond donors (Lipinski definition) is 3. The Hall–Kier alpha value is -4.39. The second-order valence-corrected chi connectivity index (χ2v) is 6.73. The van der Waals surface area contributed by atoms with E-state index in [9.17, 15) is 15.0 Å². The summed E-state index contributed by atoms with van der Waals surface area (Å²) in [4.78, 5) is 16.6. The fourth-order valence-electron chi connectivity index (χ4n) is 2.98. The molecule has 3 aromatic carbocycles. The monoisotopic (exact) mass is 413 g/mol. The van der Waals surface area contributed by atoms with Gasteiger partial charge in [-0.25, -0.2) is 5.43 Å². The molecule has 0 saturated heterocycles. The van der Waals surface area contributed by atoms with Gasteiger partial charge >= 0.3 is 0 Å². The molecule has 3 N–H and O–H groups in total. The molecule has 7 nitrogen and oxygen atoms in total. The minimum Gasteiger partial charge on any atom is -0.504 e. The number of fused-ring (bicyclic) bond motifs is 1. The molecule has 0 fully saturated rings. The largest absolute Gasteiger partial charge is 0.504 e. The van der Waals surface area contributed by atoms with Crippen LogP contribution >= 0.6 is 0 Å². The van der Waals surface area contributed by atoms with Crippen LogP contribution in [0.15, 0.2) is 84.1 Å². The molecule has 4 rings (SSSR count). The lowest BCUT2D eigenvalue weighted by Crippen LogP contribution is -2.17. The Balaban J connectivity index is 1.37. The first-order valence-electron chi connectivity index (χ1n) is 9.51. The first-order valence-corrected chi connectivity index (χ1v) is 9.51. The Morgan fingerprint density at radius 3 is 2.61 bits per heavy atom. The Labute approximate surface area is 178 Å². The van der Waals surface area contributed by atoms with Crippen molar-refractivity contribution in [2.75, 3.05) is 0 Å². The molecule has 0 aliphatic heterocycles. The number of nitrogens with zero attached hydrogens (tertiary/aromatic N) is 2. The van der Waals surface area contributed by atoms with Crippen LogP contribution in [0.1, 0.15) is 21.5 Å². The van der Waals surface area contributed by atoms with E-state index in [1.54, 1.807) is 42.6 Å². The van der Waals surface area contributed by atoms with Crippen LogP contribution in [0.25, 0.3) is 10.9 Å². The van der Waals surface area contributed by atoms with Gasteiger partial charge < -0.3 is 14.9 Å². The van der Waals surface area contributed by atoms with Gasteiger partial charge in [0.1, 0.15) is 17.9 Å². The molecule has 7 heteroatoms. The highest BCUT2D eigenvalue weighted by molar-refractivity contribution is 5.95. The molecule has 4 aromatic rings. The Morgan fingerprint density at radius 1 is 1.00 bits per heavy atom. The van der Waals surface area contributed by atoms with E-state index in [0.717, 1.165) is 16.5 Å². The average Bonchev–Trinajstić information content (AvgIpc) is 2.80. The summed E-state index contributed by atoms with van der Waals surface area (Å²) >= 11 is 0. The lowest BCUT2D eigenvalue weighted by Gasteiger charge is -2.09. The molecule has 1 heterocycles. The fourth-order valence-corrected chi connectivity index (χ4v) is 2.98. The molecule has 0 bridgehead atoms. The molecule has 154 valence electrons. The first kappa shape index (κ1) is 19.9. The summed E-state index contributed by atoms with van der Waals surface area (Å²) in [6.45, 7) is 0.340. The van der Waals surface area contributed by atoms with Gasteiger partial charge in [-0.1, -0.05) is 36.4 Å². The zero-order chi connectivity index (χ0) is 21.6. The number of hydrogen-bond acceptors (Lipinski definition) is 6. The number of aromatic hydroxyl groups is 2. The number of amides is 1. The maximum Gasteiger partial charge on any atom is 0.271 e. The molecular formula is C24H19N3O4. The number of para-hydroxylation sites is 2. The lowest BCUT2D eigenvalue weighted by atomic mass is 10.1. The summed E-state index contributed by atoms with van der Waals surface area (Å²) < 4.78 is 5.91. The van der Waals surface area contributed by atoms with Crippen molar-refractivity contribution in [3.63, 3.8) is 0 Å². The smallest absolute Gasteiger partial charge is 0.271 e. The minimum absolute atomic E-state index is 0.257. The van der Waals surface area contributed by atoms with Gasteiger partial charge in [0.15, 0.2) is 11.5 Å². The molecular weight excluding hydrogens is 394 g/mol. The maximum absolute atomic E-state index is 12.2. The number of carbonyl (C=O) groups is 1. The molecule has 0 radical (unpaired) electrons. The average molecular weight is 413 g/mol. The molecule has 1 amide bonds. The number of benzene rings is 3. The van der Waals surface area contributed by atoms with Crippen LogP contribution in [0, 0.1) is 0 Å². The second-order valence-electron chi connectivity index (χ2n) is 6.73. The van der Waals surface area contributed by atoms with Gasteiger partial charge in [0, 0.05) is 22.7 Å². The highest BCUT2D eigenvalue weighted by atomic mass is 16.5.